The van der Waals surface area contributed by atoms with Crippen molar-refractivity contribution < 1.29 is 28.5 Å². The van der Waals surface area contributed by atoms with E-state index in [-0.39, 0.29) is 18.6 Å². The first-order chi connectivity index (χ1) is 17.1. The topological polar surface area (TPSA) is 95.1 Å². The van der Waals surface area contributed by atoms with Crippen LogP contribution in [0.3, 0.4) is 0 Å². The Labute approximate surface area is 203 Å². The SMILES string of the molecule is O=C(CCCOc1ccc2c(c1)CCC(=O)N2)Nc1cccc(COc2ccc3c(c2)OCO3)c1. The quantitative estimate of drug-likeness (QED) is 0.438. The maximum Gasteiger partial charge on any atom is 0.231 e. The monoisotopic (exact) mass is 474 g/mol. The van der Waals surface area contributed by atoms with Crippen LogP contribution < -0.4 is 29.6 Å². The number of carbonyl (C=O) groups is 2. The van der Waals surface area contributed by atoms with E-state index in [0.717, 1.165) is 28.3 Å². The maximum atomic E-state index is 12.4. The lowest BCUT2D eigenvalue weighted by Crippen LogP contribution is -2.18. The summed E-state index contributed by atoms with van der Waals surface area (Å²) in [6.07, 6.45) is 2.13. The summed E-state index contributed by atoms with van der Waals surface area (Å²) in [6.45, 7) is 1.02. The van der Waals surface area contributed by atoms with Gasteiger partial charge in [0.05, 0.1) is 6.61 Å². The molecule has 0 saturated heterocycles. The molecule has 35 heavy (non-hydrogen) atoms. The van der Waals surface area contributed by atoms with E-state index < -0.39 is 0 Å². The molecule has 2 N–H and O–H groups in total. The van der Waals surface area contributed by atoms with Gasteiger partial charge in [0.25, 0.3) is 0 Å². The number of nitrogens with one attached hydrogen (secondary N) is 2. The van der Waals surface area contributed by atoms with Gasteiger partial charge in [-0.3, -0.25) is 9.59 Å². The highest BCUT2D eigenvalue weighted by Gasteiger charge is 2.15. The molecule has 5 rings (SSSR count). The predicted molar refractivity (Wildman–Crippen MR) is 130 cm³/mol. The predicted octanol–water partition coefficient (Wildman–Crippen LogP) is 4.68. The van der Waals surface area contributed by atoms with Crippen molar-refractivity contribution in [2.75, 3.05) is 24.0 Å². The number of ether oxygens (including phenoxy) is 4. The first kappa shape index (κ1) is 22.6. The van der Waals surface area contributed by atoms with Crippen LogP contribution in [0.2, 0.25) is 0 Å². The van der Waals surface area contributed by atoms with E-state index >= 15 is 0 Å². The van der Waals surface area contributed by atoms with Gasteiger partial charge < -0.3 is 29.6 Å². The molecule has 0 bridgehead atoms. The van der Waals surface area contributed by atoms with Crippen LogP contribution in [0.25, 0.3) is 0 Å². The van der Waals surface area contributed by atoms with Gasteiger partial charge >= 0.3 is 0 Å². The van der Waals surface area contributed by atoms with Gasteiger partial charge in [-0.05, 0) is 66.4 Å². The van der Waals surface area contributed by atoms with Crippen LogP contribution in [0.1, 0.15) is 30.4 Å². The van der Waals surface area contributed by atoms with Crippen LogP contribution in [0, 0.1) is 0 Å². The van der Waals surface area contributed by atoms with E-state index in [2.05, 4.69) is 10.6 Å². The standard InChI is InChI=1S/C27H26N2O6/c30-26(5-2-12-32-21-7-9-23-19(14-21)6-11-27(31)29-23)28-20-4-1-3-18(13-20)16-33-22-8-10-24-25(15-22)35-17-34-24/h1,3-4,7-10,13-15H,2,5-6,11-12,16-17H2,(H,28,30)(H,29,31). The molecule has 0 aromatic heterocycles. The number of hydrogen-bond donors (Lipinski definition) is 2. The normalized spacial score (nSPS) is 13.5. The lowest BCUT2D eigenvalue weighted by atomic mass is 10.0. The van der Waals surface area contributed by atoms with Gasteiger partial charge in [-0.2, -0.15) is 0 Å². The summed E-state index contributed by atoms with van der Waals surface area (Å²) in [5.74, 6) is 2.79. The van der Waals surface area contributed by atoms with E-state index in [1.165, 1.54) is 0 Å². The van der Waals surface area contributed by atoms with Crippen molar-refractivity contribution in [3.8, 4) is 23.0 Å². The molecule has 0 spiro atoms. The lowest BCUT2D eigenvalue weighted by Gasteiger charge is -2.17. The molecule has 3 aromatic carbocycles. The van der Waals surface area contributed by atoms with E-state index in [0.29, 0.717) is 56.1 Å². The Morgan fingerprint density at radius 2 is 1.80 bits per heavy atom. The summed E-state index contributed by atoms with van der Waals surface area (Å²) in [4.78, 5) is 23.8. The zero-order valence-electron chi connectivity index (χ0n) is 19.2. The van der Waals surface area contributed by atoms with Crippen LogP contribution in [0.4, 0.5) is 11.4 Å². The highest BCUT2D eigenvalue weighted by Crippen LogP contribution is 2.35. The molecule has 0 saturated carbocycles. The van der Waals surface area contributed by atoms with Crippen molar-refractivity contribution in [1.29, 1.82) is 0 Å². The molecule has 2 amide bonds. The number of rotatable bonds is 9. The van der Waals surface area contributed by atoms with E-state index in [4.69, 9.17) is 18.9 Å². The second-order valence-electron chi connectivity index (χ2n) is 8.37. The van der Waals surface area contributed by atoms with Gasteiger partial charge in [0.15, 0.2) is 11.5 Å². The second-order valence-corrected chi connectivity index (χ2v) is 8.37. The third-order valence-electron chi connectivity index (χ3n) is 5.75. The van der Waals surface area contributed by atoms with E-state index in [1.807, 2.05) is 54.6 Å². The number of amides is 2. The first-order valence-electron chi connectivity index (χ1n) is 11.6. The molecule has 0 unspecified atom stereocenters. The summed E-state index contributed by atoms with van der Waals surface area (Å²) < 4.78 is 22.3. The zero-order valence-corrected chi connectivity index (χ0v) is 19.2. The third kappa shape index (κ3) is 5.84. The molecule has 0 atom stereocenters. The van der Waals surface area contributed by atoms with Gasteiger partial charge in [0.1, 0.15) is 18.1 Å². The molecule has 8 heteroatoms. The molecular formula is C27H26N2O6. The highest BCUT2D eigenvalue weighted by molar-refractivity contribution is 5.94. The van der Waals surface area contributed by atoms with E-state index in [9.17, 15) is 9.59 Å². The van der Waals surface area contributed by atoms with Crippen molar-refractivity contribution in [3.63, 3.8) is 0 Å². The Bertz CT molecular complexity index is 1240. The minimum Gasteiger partial charge on any atom is -0.494 e. The lowest BCUT2D eigenvalue weighted by molar-refractivity contribution is -0.117. The van der Waals surface area contributed by atoms with Crippen molar-refractivity contribution in [1.82, 2.24) is 0 Å². The number of anilines is 2. The number of aryl methyl sites for hydroxylation is 1. The number of fused-ring (bicyclic) bond motifs is 2. The molecule has 0 aliphatic carbocycles. The fourth-order valence-electron chi connectivity index (χ4n) is 3.97. The van der Waals surface area contributed by atoms with Crippen LogP contribution >= 0.6 is 0 Å². The van der Waals surface area contributed by atoms with Gasteiger partial charge in [0.2, 0.25) is 18.6 Å². The fraction of sp³-hybridized carbons (Fsp3) is 0.259. The molecule has 0 radical (unpaired) electrons. The molecule has 2 heterocycles. The average Bonchev–Trinajstić information content (AvgIpc) is 3.34. The first-order valence-corrected chi connectivity index (χ1v) is 11.6. The Kier molecular flexibility index (Phi) is 6.70. The molecule has 2 aliphatic rings. The van der Waals surface area contributed by atoms with Gasteiger partial charge in [-0.25, -0.2) is 0 Å². The molecule has 0 fully saturated rings. The molecule has 2 aliphatic heterocycles. The molecule has 8 nitrogen and oxygen atoms in total. The van der Waals surface area contributed by atoms with E-state index in [1.54, 1.807) is 6.07 Å². The average molecular weight is 475 g/mol. The van der Waals surface area contributed by atoms with Gasteiger partial charge in [0, 0.05) is 30.3 Å². The highest BCUT2D eigenvalue weighted by atomic mass is 16.7. The van der Waals surface area contributed by atoms with Crippen LogP contribution in [-0.2, 0) is 22.6 Å². The van der Waals surface area contributed by atoms with Crippen LogP contribution in [0.5, 0.6) is 23.0 Å². The minimum absolute atomic E-state index is 0.0416. The molecule has 3 aromatic rings. The summed E-state index contributed by atoms with van der Waals surface area (Å²) in [5, 5.41) is 5.79. The summed E-state index contributed by atoms with van der Waals surface area (Å²) >= 11 is 0. The number of benzene rings is 3. The summed E-state index contributed by atoms with van der Waals surface area (Å²) in [6, 6.07) is 18.7. The van der Waals surface area contributed by atoms with Crippen LogP contribution in [-0.4, -0.2) is 25.2 Å². The van der Waals surface area contributed by atoms with Crippen molar-refractivity contribution in [2.24, 2.45) is 0 Å². The Morgan fingerprint density at radius 3 is 2.74 bits per heavy atom. The Hall–Kier alpha value is -4.20. The largest absolute Gasteiger partial charge is 0.494 e. The van der Waals surface area contributed by atoms with Crippen molar-refractivity contribution >= 4 is 23.2 Å². The third-order valence-corrected chi connectivity index (χ3v) is 5.75. The Balaban J connectivity index is 1.05. The minimum atomic E-state index is -0.0735. The van der Waals surface area contributed by atoms with Crippen molar-refractivity contribution in [3.05, 3.63) is 71.8 Å². The molecular weight excluding hydrogens is 448 g/mol. The maximum absolute atomic E-state index is 12.4. The van der Waals surface area contributed by atoms with Gasteiger partial charge in [-0.15, -0.1) is 0 Å². The fourth-order valence-corrected chi connectivity index (χ4v) is 3.97. The number of carbonyl (C=O) groups excluding carboxylic acids is 2. The summed E-state index contributed by atoms with van der Waals surface area (Å²) in [5.41, 5.74) is 3.57. The number of hydrogen-bond acceptors (Lipinski definition) is 6. The van der Waals surface area contributed by atoms with Crippen molar-refractivity contribution in [2.45, 2.75) is 32.3 Å². The second kappa shape index (κ2) is 10.4. The van der Waals surface area contributed by atoms with Gasteiger partial charge in [-0.1, -0.05) is 12.1 Å². The zero-order chi connectivity index (χ0) is 24.0. The molecule has 180 valence electrons. The smallest absolute Gasteiger partial charge is 0.231 e. The Morgan fingerprint density at radius 1 is 0.943 bits per heavy atom. The van der Waals surface area contributed by atoms with Crippen LogP contribution in [0.15, 0.2) is 60.7 Å². The summed E-state index contributed by atoms with van der Waals surface area (Å²) in [7, 11) is 0.